The van der Waals surface area contributed by atoms with E-state index >= 15 is 0 Å². The fourth-order valence-corrected chi connectivity index (χ4v) is 19.2. The van der Waals surface area contributed by atoms with Gasteiger partial charge in [0.1, 0.15) is 0 Å². The Hall–Kier alpha value is -11.4. The van der Waals surface area contributed by atoms with Crippen molar-refractivity contribution < 1.29 is 93.0 Å². The molecule has 0 radical (unpaired) electrons. The zero-order valence-electron chi connectivity index (χ0n) is 75.6. The maximum atomic E-state index is 11.5. The van der Waals surface area contributed by atoms with E-state index in [1.165, 1.54) is 0 Å². The predicted molar refractivity (Wildman–Crippen MR) is 518 cm³/mol. The van der Waals surface area contributed by atoms with Gasteiger partial charge in [-0.1, -0.05) is 38.0 Å². The van der Waals surface area contributed by atoms with E-state index in [9.17, 15) is 59.4 Å². The van der Waals surface area contributed by atoms with Crippen LogP contribution in [0, 0.1) is 41.5 Å². The number of carbonyl (C=O) groups excluding carboxylic acids is 6. The van der Waals surface area contributed by atoms with Crippen molar-refractivity contribution >= 4 is 238 Å². The third-order valence-corrected chi connectivity index (χ3v) is 27.9. The van der Waals surface area contributed by atoms with Gasteiger partial charge in [0, 0.05) is 136 Å². The molecule has 24 nitrogen and oxygen atoms in total. The molecule has 6 N–H and O–H groups in total. The summed E-state index contributed by atoms with van der Waals surface area (Å²) < 4.78 is 0. The Kier molecular flexibility index (Phi) is 33.5. The Morgan fingerprint density at radius 1 is 0.276 bits per heavy atom. The summed E-state index contributed by atoms with van der Waals surface area (Å²) >= 11 is 39.0. The third kappa shape index (κ3) is 21.6. The zero-order valence-corrected chi connectivity index (χ0v) is 82.3. The van der Waals surface area contributed by atoms with Crippen LogP contribution >= 0.6 is 69.6 Å². The number of aromatic amines is 6. The summed E-state index contributed by atoms with van der Waals surface area (Å²) in [4.78, 5) is 119. The summed E-state index contributed by atoms with van der Waals surface area (Å²) in [5.41, 5.74) is 37.8. The van der Waals surface area contributed by atoms with Gasteiger partial charge in [0.25, 0.3) is 0 Å². The molecule has 6 aliphatic rings. The molecule has 0 fully saturated rings. The van der Waals surface area contributed by atoms with E-state index in [4.69, 9.17) is 99.5 Å². The van der Waals surface area contributed by atoms with Gasteiger partial charge < -0.3 is 89.3 Å². The van der Waals surface area contributed by atoms with E-state index in [-0.39, 0.29) is 128 Å². The van der Waals surface area contributed by atoms with Crippen LogP contribution in [-0.4, -0.2) is 113 Å². The first-order valence-electron chi connectivity index (χ1n) is 42.9. The van der Waals surface area contributed by atoms with Crippen molar-refractivity contribution in [2.75, 3.05) is 17.6 Å². The second-order valence-corrected chi connectivity index (χ2v) is 35.8. The molecular weight excluding hydrogens is 1920 g/mol. The van der Waals surface area contributed by atoms with Crippen molar-refractivity contribution in [2.24, 2.45) is 0 Å². The second-order valence-electron chi connectivity index (χ2n) is 33.3. The number of aryl methyl sites for hydroxylation is 9. The minimum atomic E-state index is -1.16. The number of carboxylic acid groups (broad SMARTS) is 6. The van der Waals surface area contributed by atoms with Gasteiger partial charge in [-0.05, 0) is 350 Å². The van der Waals surface area contributed by atoms with Gasteiger partial charge in [0.15, 0.2) is 0 Å². The van der Waals surface area contributed by atoms with E-state index in [1.54, 1.807) is 18.2 Å². The molecule has 3 unspecified atom stereocenters. The molecule has 15 heterocycles. The maximum Gasteiger partial charge on any atom is 3.00 e. The summed E-state index contributed by atoms with van der Waals surface area (Å²) in [5, 5.41) is 67.3. The molecule has 9 aromatic rings. The number of H-pyrrole nitrogens is 6. The Labute approximate surface area is 824 Å². The van der Waals surface area contributed by atoms with Gasteiger partial charge in [0.2, 0.25) is 0 Å². The van der Waals surface area contributed by atoms with Crippen LogP contribution in [0.3, 0.4) is 0 Å². The van der Waals surface area contributed by atoms with Crippen LogP contribution < -0.4 is 30.6 Å². The number of aromatic nitrogens is 12. The summed E-state index contributed by atoms with van der Waals surface area (Å²) in [6, 6.07) is 23.0. The first kappa shape index (κ1) is 103. The number of rotatable bonds is 27. The van der Waals surface area contributed by atoms with Gasteiger partial charge in [-0.15, -0.1) is 69.6 Å². The van der Waals surface area contributed by atoms with Crippen LogP contribution in [0.1, 0.15) is 251 Å². The number of fused-ring (bicyclic) bond motifs is 24. The molecule has 0 aliphatic carbocycles. The molecule has 9 aromatic heterocycles. The van der Waals surface area contributed by atoms with Crippen LogP contribution in [0.5, 0.6) is 0 Å². The standard InChI is InChI=1S/3C34H34Cl2N4O4.2Co/c3*1-6-20-16(2)26-13-31-34(23(36)15-35)19(5)27(40-31)11-24-17(3)21(7-9-32(41)42)29(38-24)14-30-22(8-10-33(43)44)18(4)25(39-30)12-28(20)37-26;;/h3*6,11-14,23,39-40H,1,7-10,15H2,2-5H3,(H,41,42)(H,43,44);;/q;;;2*+3/p-6. The molecule has 0 amide bonds. The van der Waals surface area contributed by atoms with Crippen molar-refractivity contribution in [1.82, 2.24) is 59.8 Å². The van der Waals surface area contributed by atoms with Crippen molar-refractivity contribution in [3.8, 4) is 0 Å². The minimum Gasteiger partial charge on any atom is -0.550 e. The topological polar surface area (TPSA) is 413 Å². The van der Waals surface area contributed by atoms with Crippen LogP contribution in [0.15, 0.2) is 111 Å². The number of hydrogen-bond donors (Lipinski definition) is 6. The number of nitrogens with zero attached hydrogens (tertiary/aromatic N) is 6. The molecule has 3 atom stereocenters. The molecule has 15 rings (SSSR count). The van der Waals surface area contributed by atoms with Crippen LogP contribution in [-0.2, 0) is 81.6 Å². The molecular formula is C102H96Cl6Co2N12O12. The zero-order chi connectivity index (χ0) is 95.6. The number of carboxylic acids is 6. The van der Waals surface area contributed by atoms with E-state index in [0.29, 0.717) is 67.8 Å². The number of carbonyl (C=O) groups is 6. The van der Waals surface area contributed by atoms with Crippen molar-refractivity contribution in [1.29, 1.82) is 0 Å². The van der Waals surface area contributed by atoms with E-state index < -0.39 is 51.9 Å². The number of halogens is 6. The largest absolute Gasteiger partial charge is 3.00 e. The van der Waals surface area contributed by atoms with Crippen molar-refractivity contribution in [3.05, 3.63) is 246 Å². The van der Waals surface area contributed by atoms with Crippen molar-refractivity contribution in [2.45, 2.75) is 176 Å². The number of allylic oxidation sites excluding steroid dienone is 15. The monoisotopic (exact) mass is 2010 g/mol. The van der Waals surface area contributed by atoms with Gasteiger partial charge in [-0.25, -0.2) is 29.9 Å². The minimum absolute atomic E-state index is 0. The number of aliphatic carboxylic acids is 6. The summed E-state index contributed by atoms with van der Waals surface area (Å²) in [6.07, 6.45) is 5.71. The first-order valence-corrected chi connectivity index (χ1v) is 45.9. The Bertz CT molecular complexity index is 6520. The van der Waals surface area contributed by atoms with Gasteiger partial charge in [-0.3, -0.25) is 0 Å². The third-order valence-electron chi connectivity index (χ3n) is 25.3. The van der Waals surface area contributed by atoms with E-state index in [1.807, 2.05) is 156 Å². The van der Waals surface area contributed by atoms with Gasteiger partial charge in [-0.2, -0.15) is 0 Å². The van der Waals surface area contributed by atoms with Gasteiger partial charge in [0.05, 0.1) is 84.5 Å². The quantitative estimate of drug-likeness (QED) is 0.0260. The molecule has 134 heavy (non-hydrogen) atoms. The Morgan fingerprint density at radius 3 is 0.672 bits per heavy atom. The Balaban J connectivity index is 0.000000192. The fraction of sp³-hybridized carbons (Fsp3) is 0.294. The average Bonchev–Trinajstić information content (AvgIpc) is 1.62. The summed E-state index contributed by atoms with van der Waals surface area (Å²) in [6.45, 7) is 35.5. The van der Waals surface area contributed by atoms with Crippen LogP contribution in [0.2, 0.25) is 0 Å². The molecule has 0 aromatic carbocycles. The second kappa shape index (κ2) is 43.5. The molecule has 696 valence electrons. The molecule has 0 saturated carbocycles. The fourth-order valence-electron chi connectivity index (χ4n) is 17.9. The molecule has 0 spiro atoms. The Morgan fingerprint density at radius 2 is 0.455 bits per heavy atom. The van der Waals surface area contributed by atoms with Crippen LogP contribution in [0.25, 0.3) is 133 Å². The van der Waals surface area contributed by atoms with Crippen LogP contribution in [0.4, 0.5) is 0 Å². The molecule has 32 heteroatoms. The maximum absolute atomic E-state index is 11.5. The normalized spacial score (nSPS) is 13.7. The molecule has 0 saturated heterocycles. The number of hydrogen-bond acceptors (Lipinski definition) is 18. The predicted octanol–water partition coefficient (Wildman–Crippen LogP) is 17.1. The SMILES string of the molecule is C=CC1=C(C)c2cc3[nH]c(cc4nc(cc5[nH]c(cc1n2)c(C)c5CCC(=O)[O-])C(CCC(=O)[O-])=C4C)c(C)c3C(Cl)CCl.C=CC1=C(C)c2cc3[nH]c(cc4nc(cc5[nH]c(cc1n2)c(C)c5CCC(=O)[O-])C(CCC(=O)[O-])=C4C)c(C)c3C(Cl)CCl.C=CC1=C(C)c2cc3[nH]c(cc4nc(cc5[nH]c(cc1n2)c(C)c5CCC(=O)[O-])C(CCC(=O)[O-])=C4C)c(C)c3C(Cl)CCl.[Co+3].[Co+3]. The summed E-state index contributed by atoms with van der Waals surface area (Å²) in [5.74, 6) is -6.29. The van der Waals surface area contributed by atoms with Gasteiger partial charge >= 0.3 is 33.6 Å². The average molecular weight is 2010 g/mol. The van der Waals surface area contributed by atoms with Crippen molar-refractivity contribution in [3.63, 3.8) is 0 Å². The summed E-state index contributed by atoms with van der Waals surface area (Å²) in [7, 11) is 0. The number of alkyl halides is 6. The molecule has 24 bridgehead atoms. The van der Waals surface area contributed by atoms with E-state index in [0.717, 1.165) is 200 Å². The smallest absolute Gasteiger partial charge is 0.550 e. The number of nitrogens with one attached hydrogen (secondary N) is 6. The molecule has 6 aliphatic heterocycles. The first-order chi connectivity index (χ1) is 62.8. The van der Waals surface area contributed by atoms with E-state index in [2.05, 4.69) is 49.6 Å².